The molecule has 19 heavy (non-hydrogen) atoms. The minimum atomic E-state index is -0.449. The second kappa shape index (κ2) is 7.51. The molecule has 1 N–H and O–H groups in total. The number of hydrogen-bond donors (Lipinski definition) is 1. The summed E-state index contributed by atoms with van der Waals surface area (Å²) in [6.45, 7) is 14.3. The summed E-state index contributed by atoms with van der Waals surface area (Å²) in [4.78, 5) is 11.8. The van der Waals surface area contributed by atoms with Crippen molar-refractivity contribution in [3.63, 3.8) is 0 Å². The third kappa shape index (κ3) is 7.19. The molecular formula is C15H30BrNO2. The third-order valence-corrected chi connectivity index (χ3v) is 4.45. The molecule has 4 heteroatoms. The van der Waals surface area contributed by atoms with Crippen molar-refractivity contribution in [2.24, 2.45) is 11.3 Å². The molecule has 0 bridgehead atoms. The summed E-state index contributed by atoms with van der Waals surface area (Å²) in [7, 11) is 0. The van der Waals surface area contributed by atoms with Gasteiger partial charge in [0.2, 0.25) is 0 Å². The first-order valence-corrected chi connectivity index (χ1v) is 8.18. The third-order valence-electron chi connectivity index (χ3n) is 3.89. The summed E-state index contributed by atoms with van der Waals surface area (Å²) >= 11 is 3.47. The van der Waals surface area contributed by atoms with Crippen LogP contribution in [0.1, 0.15) is 61.3 Å². The Hall–Kier alpha value is -0.250. The highest BCUT2D eigenvalue weighted by Gasteiger charge is 2.33. The Morgan fingerprint density at radius 1 is 1.21 bits per heavy atom. The smallest absolute Gasteiger partial charge is 0.407 e. The van der Waals surface area contributed by atoms with Crippen molar-refractivity contribution in [1.82, 2.24) is 5.32 Å². The summed E-state index contributed by atoms with van der Waals surface area (Å²) in [6, 6.07) is 0.0766. The Bertz CT molecular complexity index is 284. The van der Waals surface area contributed by atoms with E-state index in [1.165, 1.54) is 0 Å². The van der Waals surface area contributed by atoms with Gasteiger partial charge in [-0.25, -0.2) is 4.79 Å². The molecule has 0 rings (SSSR count). The number of carbonyl (C=O) groups is 1. The zero-order valence-corrected chi connectivity index (χ0v) is 15.1. The van der Waals surface area contributed by atoms with Crippen LogP contribution in [0.4, 0.5) is 4.79 Å². The van der Waals surface area contributed by atoms with E-state index in [0.717, 1.165) is 18.2 Å². The topological polar surface area (TPSA) is 38.3 Å². The van der Waals surface area contributed by atoms with Gasteiger partial charge in [-0.3, -0.25) is 0 Å². The first kappa shape index (κ1) is 18.8. The minimum Gasteiger partial charge on any atom is -0.444 e. The van der Waals surface area contributed by atoms with Gasteiger partial charge in [-0.05, 0) is 51.9 Å². The quantitative estimate of drug-likeness (QED) is 0.712. The summed E-state index contributed by atoms with van der Waals surface area (Å²) in [5, 5.41) is 3.99. The molecule has 0 aromatic heterocycles. The van der Waals surface area contributed by atoms with Gasteiger partial charge in [0.05, 0.1) is 0 Å². The molecule has 0 radical (unpaired) electrons. The van der Waals surface area contributed by atoms with Crippen molar-refractivity contribution < 1.29 is 9.53 Å². The van der Waals surface area contributed by atoms with Crippen LogP contribution < -0.4 is 5.32 Å². The summed E-state index contributed by atoms with van der Waals surface area (Å²) in [6.07, 6.45) is 1.98. The van der Waals surface area contributed by atoms with Gasteiger partial charge in [-0.2, -0.15) is 0 Å². The largest absolute Gasteiger partial charge is 0.444 e. The lowest BCUT2D eigenvalue weighted by molar-refractivity contribution is 0.0430. The fourth-order valence-corrected chi connectivity index (χ4v) is 2.18. The van der Waals surface area contributed by atoms with Crippen LogP contribution in [-0.4, -0.2) is 23.1 Å². The number of hydrogen-bond acceptors (Lipinski definition) is 2. The molecule has 0 fully saturated rings. The van der Waals surface area contributed by atoms with Gasteiger partial charge < -0.3 is 10.1 Å². The van der Waals surface area contributed by atoms with E-state index in [4.69, 9.17) is 4.74 Å². The minimum absolute atomic E-state index is 0.0407. The maximum absolute atomic E-state index is 11.8. The molecule has 2 unspecified atom stereocenters. The van der Waals surface area contributed by atoms with Crippen LogP contribution in [0.2, 0.25) is 0 Å². The van der Waals surface area contributed by atoms with E-state index in [2.05, 4.69) is 48.9 Å². The highest BCUT2D eigenvalue weighted by atomic mass is 79.9. The van der Waals surface area contributed by atoms with Gasteiger partial charge in [-0.15, -0.1) is 0 Å². The molecule has 1 amide bonds. The Kier molecular flexibility index (Phi) is 7.41. The number of rotatable bonds is 6. The number of amides is 1. The molecule has 3 nitrogen and oxygen atoms in total. The normalized spacial score (nSPS) is 15.8. The van der Waals surface area contributed by atoms with E-state index < -0.39 is 5.60 Å². The van der Waals surface area contributed by atoms with Crippen LogP contribution in [0.3, 0.4) is 0 Å². The van der Waals surface area contributed by atoms with Crippen molar-refractivity contribution >= 4 is 22.0 Å². The van der Waals surface area contributed by atoms with Gasteiger partial charge in [0.1, 0.15) is 5.60 Å². The van der Waals surface area contributed by atoms with Gasteiger partial charge >= 0.3 is 6.09 Å². The van der Waals surface area contributed by atoms with Gasteiger partial charge in [-0.1, -0.05) is 36.7 Å². The van der Waals surface area contributed by atoms with E-state index in [1.54, 1.807) is 0 Å². The van der Waals surface area contributed by atoms with Crippen LogP contribution in [0.15, 0.2) is 0 Å². The zero-order chi connectivity index (χ0) is 15.3. The molecule has 0 aliphatic heterocycles. The summed E-state index contributed by atoms with van der Waals surface area (Å²) in [5.41, 5.74) is -0.408. The maximum atomic E-state index is 11.8. The lowest BCUT2D eigenvalue weighted by Gasteiger charge is -2.38. The fourth-order valence-electron chi connectivity index (χ4n) is 1.85. The average Bonchev–Trinajstić information content (AvgIpc) is 2.22. The van der Waals surface area contributed by atoms with E-state index in [9.17, 15) is 4.79 Å². The van der Waals surface area contributed by atoms with Crippen molar-refractivity contribution in [1.29, 1.82) is 0 Å². The summed E-state index contributed by atoms with van der Waals surface area (Å²) < 4.78 is 5.31. The van der Waals surface area contributed by atoms with Crippen molar-refractivity contribution in [3.05, 3.63) is 0 Å². The number of alkyl halides is 1. The highest BCUT2D eigenvalue weighted by molar-refractivity contribution is 9.09. The number of halogens is 1. The van der Waals surface area contributed by atoms with Crippen molar-refractivity contribution in [2.75, 3.05) is 5.33 Å². The Morgan fingerprint density at radius 3 is 2.16 bits per heavy atom. The Labute approximate surface area is 127 Å². The monoisotopic (exact) mass is 335 g/mol. The molecular weight excluding hydrogens is 306 g/mol. The summed E-state index contributed by atoms with van der Waals surface area (Å²) in [5.74, 6) is 0.537. The standard InChI is InChI=1S/C15H30BrNO2/c1-11(9-8-10-16)15(6,7)12(2)17-13(18)19-14(3,4)5/h11-12H,8-10H2,1-7H3,(H,17,18). The van der Waals surface area contributed by atoms with E-state index in [-0.39, 0.29) is 17.6 Å². The zero-order valence-electron chi connectivity index (χ0n) is 13.5. The van der Waals surface area contributed by atoms with Crippen molar-refractivity contribution in [2.45, 2.75) is 73.0 Å². The van der Waals surface area contributed by atoms with Gasteiger partial charge in [0.25, 0.3) is 0 Å². The fraction of sp³-hybridized carbons (Fsp3) is 0.933. The predicted octanol–water partition coefficient (Wildman–Crippen LogP) is 4.74. The highest BCUT2D eigenvalue weighted by Crippen LogP contribution is 2.33. The van der Waals surface area contributed by atoms with E-state index >= 15 is 0 Å². The molecule has 0 saturated heterocycles. The van der Waals surface area contributed by atoms with E-state index in [0.29, 0.717) is 5.92 Å². The van der Waals surface area contributed by atoms with Crippen LogP contribution in [0.25, 0.3) is 0 Å². The second-order valence-corrected chi connectivity index (χ2v) is 7.71. The molecule has 0 heterocycles. The number of nitrogens with one attached hydrogen (secondary N) is 1. The molecule has 0 aliphatic carbocycles. The lowest BCUT2D eigenvalue weighted by atomic mass is 9.72. The lowest BCUT2D eigenvalue weighted by Crippen LogP contribution is -2.47. The number of alkyl carbamates (subject to hydrolysis) is 1. The maximum Gasteiger partial charge on any atom is 0.407 e. The van der Waals surface area contributed by atoms with Gasteiger partial charge in [0, 0.05) is 11.4 Å². The number of ether oxygens (including phenoxy) is 1. The predicted molar refractivity (Wildman–Crippen MR) is 84.8 cm³/mol. The van der Waals surface area contributed by atoms with Crippen LogP contribution in [0, 0.1) is 11.3 Å². The molecule has 0 saturated carbocycles. The average molecular weight is 336 g/mol. The van der Waals surface area contributed by atoms with Crippen LogP contribution >= 0.6 is 15.9 Å². The van der Waals surface area contributed by atoms with Gasteiger partial charge in [0.15, 0.2) is 0 Å². The first-order chi connectivity index (χ1) is 8.50. The molecule has 2 atom stereocenters. The van der Waals surface area contributed by atoms with Crippen LogP contribution in [0.5, 0.6) is 0 Å². The van der Waals surface area contributed by atoms with E-state index in [1.807, 2.05) is 20.8 Å². The molecule has 0 aliphatic rings. The molecule has 0 spiro atoms. The molecule has 0 aromatic carbocycles. The Balaban J connectivity index is 4.45. The van der Waals surface area contributed by atoms with Crippen LogP contribution in [-0.2, 0) is 4.74 Å². The van der Waals surface area contributed by atoms with Crippen molar-refractivity contribution in [3.8, 4) is 0 Å². The molecule has 0 aromatic rings. The first-order valence-electron chi connectivity index (χ1n) is 7.06. The second-order valence-electron chi connectivity index (χ2n) is 6.92. The number of carbonyl (C=O) groups excluding carboxylic acids is 1. The Morgan fingerprint density at radius 2 is 1.74 bits per heavy atom. The SMILES string of the molecule is CC(CCCBr)C(C)(C)C(C)NC(=O)OC(C)(C)C. The molecule has 114 valence electrons.